The van der Waals surface area contributed by atoms with E-state index in [9.17, 15) is 39.8 Å². The standard InChI is InChI=1S/C57H103O12P/c1-3-5-7-9-11-13-15-17-19-21-23-25-27-29-31-33-35-37-39-41-43-45-47-66-48-50(49-67-70(64,65)69-57-55(62)53(60)52(59)54(61)56(57)63)68-51(58)46-44-42-40-38-36-34-32-30-28-26-24-22-20-18-16-14-12-10-8-6-4-2/h5,7,11,13,17,19,22-25,50,52-57,59-63H,3-4,6,8-10,12,14-16,18,20-21,26-49H2,1-2H3,(H,64,65)/b7-5-,13-11-,19-17-,24-22-,25-23-. The van der Waals surface area contributed by atoms with Crippen molar-refractivity contribution in [3.8, 4) is 0 Å². The lowest BCUT2D eigenvalue weighted by molar-refractivity contribution is -0.220. The Kier molecular flexibility index (Phi) is 44.2. The zero-order chi connectivity index (χ0) is 51.2. The predicted molar refractivity (Wildman–Crippen MR) is 285 cm³/mol. The molecule has 1 saturated carbocycles. The van der Waals surface area contributed by atoms with Gasteiger partial charge in [0.25, 0.3) is 0 Å². The number of phosphoric ester groups is 1. The van der Waals surface area contributed by atoms with Gasteiger partial charge < -0.3 is 39.9 Å². The van der Waals surface area contributed by atoms with Crippen LogP contribution in [0.5, 0.6) is 0 Å². The predicted octanol–water partition coefficient (Wildman–Crippen LogP) is 13.3. The van der Waals surface area contributed by atoms with Crippen molar-refractivity contribution in [2.24, 2.45) is 0 Å². The third-order valence-electron chi connectivity index (χ3n) is 12.9. The molecule has 0 spiro atoms. The average Bonchev–Trinajstić information content (AvgIpc) is 3.35. The molecule has 70 heavy (non-hydrogen) atoms. The van der Waals surface area contributed by atoms with Crippen LogP contribution in [-0.4, -0.2) is 98.9 Å². The topological polar surface area (TPSA) is 192 Å². The Morgan fingerprint density at radius 3 is 1.30 bits per heavy atom. The first-order valence-corrected chi connectivity index (χ1v) is 29.6. The van der Waals surface area contributed by atoms with Crippen molar-refractivity contribution >= 4 is 13.8 Å². The van der Waals surface area contributed by atoms with Crippen molar-refractivity contribution < 1.29 is 58.3 Å². The van der Waals surface area contributed by atoms with E-state index in [1.165, 1.54) is 128 Å². The number of phosphoric acid groups is 1. The second kappa shape index (κ2) is 46.8. The van der Waals surface area contributed by atoms with Crippen LogP contribution in [0.3, 0.4) is 0 Å². The maximum atomic E-state index is 12.9. The first-order chi connectivity index (χ1) is 34.0. The van der Waals surface area contributed by atoms with Gasteiger partial charge in [0.1, 0.15) is 42.7 Å². The minimum atomic E-state index is -5.03. The number of hydrogen-bond donors (Lipinski definition) is 6. The van der Waals surface area contributed by atoms with Crippen LogP contribution in [0.2, 0.25) is 0 Å². The van der Waals surface area contributed by atoms with Crippen LogP contribution in [-0.2, 0) is 27.9 Å². The third-order valence-corrected chi connectivity index (χ3v) is 13.9. The molecule has 1 aliphatic rings. The highest BCUT2D eigenvalue weighted by Gasteiger charge is 2.51. The Labute approximate surface area is 426 Å². The second-order valence-corrected chi connectivity index (χ2v) is 20.8. The van der Waals surface area contributed by atoms with Gasteiger partial charge in [-0.25, -0.2) is 4.57 Å². The fourth-order valence-corrected chi connectivity index (χ4v) is 9.43. The van der Waals surface area contributed by atoms with E-state index in [-0.39, 0.29) is 13.0 Å². The summed E-state index contributed by atoms with van der Waals surface area (Å²) in [6.07, 6.45) is 48.5. The number of unbranched alkanes of at least 4 members (excludes halogenated alkanes) is 26. The number of aliphatic hydroxyl groups excluding tert-OH is 5. The molecule has 0 aliphatic heterocycles. The number of esters is 1. The first kappa shape index (κ1) is 66.1. The Hall–Kier alpha value is -1.96. The van der Waals surface area contributed by atoms with Gasteiger partial charge in [-0.3, -0.25) is 13.8 Å². The van der Waals surface area contributed by atoms with E-state index in [2.05, 4.69) is 74.6 Å². The highest BCUT2D eigenvalue weighted by molar-refractivity contribution is 7.47. The van der Waals surface area contributed by atoms with E-state index < -0.39 is 63.1 Å². The summed E-state index contributed by atoms with van der Waals surface area (Å²) in [7, 11) is -5.03. The monoisotopic (exact) mass is 1010 g/mol. The van der Waals surface area contributed by atoms with E-state index in [1.807, 2.05) is 0 Å². The molecule has 0 aromatic heterocycles. The van der Waals surface area contributed by atoms with E-state index in [0.29, 0.717) is 13.0 Å². The van der Waals surface area contributed by atoms with Crippen molar-refractivity contribution in [2.45, 2.75) is 275 Å². The number of aliphatic hydroxyl groups is 5. The Morgan fingerprint density at radius 1 is 0.471 bits per heavy atom. The second-order valence-electron chi connectivity index (χ2n) is 19.4. The molecular weight excluding hydrogens is 908 g/mol. The molecule has 0 saturated heterocycles. The molecule has 1 aliphatic carbocycles. The van der Waals surface area contributed by atoms with Gasteiger partial charge in [0.05, 0.1) is 13.2 Å². The fourth-order valence-electron chi connectivity index (χ4n) is 8.46. The summed E-state index contributed by atoms with van der Waals surface area (Å²) in [6, 6.07) is 0. The van der Waals surface area contributed by atoms with Crippen molar-refractivity contribution in [1.29, 1.82) is 0 Å². The summed E-state index contributed by atoms with van der Waals surface area (Å²) < 4.78 is 34.4. The zero-order valence-corrected chi connectivity index (χ0v) is 45.0. The SMILES string of the molecule is CC/C=C\C/C=C\C/C=C\C/C=C\CCCCCCCCCCCOCC(COP(=O)(O)OC1C(O)C(O)C(O)C(O)C1O)OC(=O)CCCCCCCCCCC/C=C\CCCCCCCCCC. The number of carbonyl (C=O) groups is 1. The first-order valence-electron chi connectivity index (χ1n) is 28.1. The van der Waals surface area contributed by atoms with Crippen molar-refractivity contribution in [3.63, 3.8) is 0 Å². The number of hydrogen-bond acceptors (Lipinski definition) is 11. The fraction of sp³-hybridized carbons (Fsp3) is 0.807. The lowest BCUT2D eigenvalue weighted by Gasteiger charge is -2.41. The number of carbonyl (C=O) groups excluding carboxylic acids is 1. The molecule has 6 atom stereocenters. The van der Waals surface area contributed by atoms with Crippen molar-refractivity contribution in [2.75, 3.05) is 19.8 Å². The lowest BCUT2D eigenvalue weighted by atomic mass is 9.85. The van der Waals surface area contributed by atoms with Crippen molar-refractivity contribution in [1.82, 2.24) is 0 Å². The van der Waals surface area contributed by atoms with E-state index in [4.69, 9.17) is 18.5 Å². The van der Waals surface area contributed by atoms with Gasteiger partial charge in [-0.15, -0.1) is 0 Å². The van der Waals surface area contributed by atoms with Crippen LogP contribution >= 0.6 is 7.82 Å². The van der Waals surface area contributed by atoms with E-state index in [0.717, 1.165) is 77.0 Å². The summed E-state index contributed by atoms with van der Waals surface area (Å²) >= 11 is 0. The molecule has 12 nitrogen and oxygen atoms in total. The van der Waals surface area contributed by atoms with Gasteiger partial charge >= 0.3 is 13.8 Å². The summed E-state index contributed by atoms with van der Waals surface area (Å²) in [5.74, 6) is -0.481. The molecule has 6 unspecified atom stereocenters. The quantitative estimate of drug-likeness (QED) is 0.0146. The largest absolute Gasteiger partial charge is 0.472 e. The van der Waals surface area contributed by atoms with Crippen LogP contribution in [0.25, 0.3) is 0 Å². The van der Waals surface area contributed by atoms with Crippen LogP contribution in [0.4, 0.5) is 0 Å². The van der Waals surface area contributed by atoms with Crippen molar-refractivity contribution in [3.05, 3.63) is 60.8 Å². The summed E-state index contributed by atoms with van der Waals surface area (Å²) in [6.45, 7) is 4.16. The summed E-state index contributed by atoms with van der Waals surface area (Å²) in [5, 5.41) is 50.4. The summed E-state index contributed by atoms with van der Waals surface area (Å²) in [5.41, 5.74) is 0. The molecule has 0 aromatic carbocycles. The molecule has 0 heterocycles. The van der Waals surface area contributed by atoms with Gasteiger partial charge in [-0.05, 0) is 77.0 Å². The van der Waals surface area contributed by atoms with Crippen LogP contribution in [0, 0.1) is 0 Å². The van der Waals surface area contributed by atoms with Gasteiger partial charge in [0.15, 0.2) is 0 Å². The number of allylic oxidation sites excluding steroid dienone is 10. The van der Waals surface area contributed by atoms with Crippen LogP contribution in [0.15, 0.2) is 60.8 Å². The van der Waals surface area contributed by atoms with Gasteiger partial charge in [0, 0.05) is 13.0 Å². The molecule has 6 N–H and O–H groups in total. The molecule has 408 valence electrons. The van der Waals surface area contributed by atoms with Crippen LogP contribution in [0.1, 0.15) is 232 Å². The van der Waals surface area contributed by atoms with Gasteiger partial charge in [-0.2, -0.15) is 0 Å². The average molecular weight is 1010 g/mol. The Morgan fingerprint density at radius 2 is 0.843 bits per heavy atom. The van der Waals surface area contributed by atoms with E-state index in [1.54, 1.807) is 0 Å². The molecule has 1 rings (SSSR count). The number of rotatable bonds is 48. The molecular formula is C57H103O12P. The highest BCUT2D eigenvalue weighted by atomic mass is 31.2. The summed E-state index contributed by atoms with van der Waals surface area (Å²) in [4.78, 5) is 23.3. The lowest BCUT2D eigenvalue weighted by Crippen LogP contribution is -2.64. The van der Waals surface area contributed by atoms with Gasteiger partial charge in [0.2, 0.25) is 0 Å². The molecule has 13 heteroatoms. The molecule has 0 amide bonds. The Bertz CT molecular complexity index is 1380. The van der Waals surface area contributed by atoms with Gasteiger partial charge in [-0.1, -0.05) is 209 Å². The maximum absolute atomic E-state index is 12.9. The molecule has 1 fully saturated rings. The molecule has 0 bridgehead atoms. The molecule has 0 aromatic rings. The number of ether oxygens (including phenoxy) is 2. The smallest absolute Gasteiger partial charge is 0.457 e. The molecule has 0 radical (unpaired) electrons. The van der Waals surface area contributed by atoms with Crippen LogP contribution < -0.4 is 0 Å². The minimum Gasteiger partial charge on any atom is -0.457 e. The highest BCUT2D eigenvalue weighted by Crippen LogP contribution is 2.47. The Balaban J connectivity index is 2.30. The normalized spacial score (nSPS) is 21.3. The maximum Gasteiger partial charge on any atom is 0.472 e. The van der Waals surface area contributed by atoms with E-state index >= 15 is 0 Å². The zero-order valence-electron chi connectivity index (χ0n) is 44.1. The third kappa shape index (κ3) is 37.7. The minimum absolute atomic E-state index is 0.0828.